The van der Waals surface area contributed by atoms with Gasteiger partial charge in [0.1, 0.15) is 0 Å². The highest BCUT2D eigenvalue weighted by molar-refractivity contribution is 5.95. The highest BCUT2D eigenvalue weighted by Crippen LogP contribution is 2.23. The summed E-state index contributed by atoms with van der Waals surface area (Å²) in [6.07, 6.45) is 2.64. The van der Waals surface area contributed by atoms with Crippen LogP contribution in [0, 0.1) is 17.0 Å². The number of anilines is 1. The first kappa shape index (κ1) is 16.5. The monoisotopic (exact) mass is 339 g/mol. The van der Waals surface area contributed by atoms with Gasteiger partial charge < -0.3 is 15.4 Å². The number of nitrogens with zero attached hydrogens (tertiary/aromatic N) is 1. The molecule has 0 atom stereocenters. The number of rotatable bonds is 6. The number of hydrogen-bond acceptors (Lipinski definition) is 4. The van der Waals surface area contributed by atoms with Crippen LogP contribution in [0.2, 0.25) is 0 Å². The summed E-state index contributed by atoms with van der Waals surface area (Å²) in [6, 6.07) is 9.98. The van der Waals surface area contributed by atoms with Crippen LogP contribution in [0.1, 0.15) is 21.5 Å². The van der Waals surface area contributed by atoms with E-state index in [4.69, 9.17) is 0 Å². The zero-order chi connectivity index (χ0) is 18.0. The van der Waals surface area contributed by atoms with Gasteiger partial charge in [-0.3, -0.25) is 10.1 Å². The Hall–Kier alpha value is -3.35. The van der Waals surface area contributed by atoms with Crippen molar-refractivity contribution in [1.29, 1.82) is 0 Å². The normalized spacial score (nSPS) is 10.8. The van der Waals surface area contributed by atoms with Crippen LogP contribution in [0.25, 0.3) is 10.9 Å². The van der Waals surface area contributed by atoms with Crippen LogP contribution in [0.3, 0.4) is 0 Å². The Morgan fingerprint density at radius 3 is 2.80 bits per heavy atom. The number of fused-ring (bicyclic) bond motifs is 1. The van der Waals surface area contributed by atoms with Gasteiger partial charge in [-0.2, -0.15) is 0 Å². The molecule has 1 aromatic heterocycles. The van der Waals surface area contributed by atoms with Crippen LogP contribution in [0.15, 0.2) is 42.6 Å². The van der Waals surface area contributed by atoms with Gasteiger partial charge in [0.05, 0.1) is 10.5 Å². The number of carboxylic acid groups (broad SMARTS) is 1. The number of nitro benzene ring substituents is 1. The van der Waals surface area contributed by atoms with Gasteiger partial charge in [0.25, 0.3) is 5.69 Å². The molecule has 0 aliphatic rings. The molecule has 128 valence electrons. The van der Waals surface area contributed by atoms with Crippen molar-refractivity contribution in [2.75, 3.05) is 11.9 Å². The molecule has 0 saturated carbocycles. The summed E-state index contributed by atoms with van der Waals surface area (Å²) in [7, 11) is 0. The Morgan fingerprint density at radius 2 is 2.08 bits per heavy atom. The number of nitro groups is 1. The van der Waals surface area contributed by atoms with E-state index in [0.29, 0.717) is 18.7 Å². The van der Waals surface area contributed by atoms with Crippen molar-refractivity contribution in [1.82, 2.24) is 4.98 Å². The minimum atomic E-state index is -1.20. The second kappa shape index (κ2) is 6.64. The first-order chi connectivity index (χ1) is 12.0. The lowest BCUT2D eigenvalue weighted by Gasteiger charge is -2.09. The highest BCUT2D eigenvalue weighted by Gasteiger charge is 2.16. The molecule has 3 N–H and O–H groups in total. The van der Waals surface area contributed by atoms with Crippen LogP contribution in [-0.4, -0.2) is 27.5 Å². The third kappa shape index (κ3) is 3.45. The lowest BCUT2D eigenvalue weighted by molar-refractivity contribution is -0.384. The lowest BCUT2D eigenvalue weighted by Crippen LogP contribution is -2.10. The minimum absolute atomic E-state index is 0.108. The fourth-order valence-corrected chi connectivity index (χ4v) is 2.82. The topological polar surface area (TPSA) is 108 Å². The molecule has 0 amide bonds. The molecule has 3 rings (SSSR count). The third-order valence-electron chi connectivity index (χ3n) is 4.08. The summed E-state index contributed by atoms with van der Waals surface area (Å²) in [4.78, 5) is 24.7. The van der Waals surface area contributed by atoms with E-state index in [1.165, 1.54) is 17.7 Å². The molecule has 0 fully saturated rings. The first-order valence-electron chi connectivity index (χ1n) is 7.78. The van der Waals surface area contributed by atoms with Crippen LogP contribution < -0.4 is 5.32 Å². The number of benzene rings is 2. The zero-order valence-corrected chi connectivity index (χ0v) is 13.6. The van der Waals surface area contributed by atoms with Crippen LogP contribution in [0.5, 0.6) is 0 Å². The molecule has 3 aromatic rings. The van der Waals surface area contributed by atoms with E-state index in [-0.39, 0.29) is 11.3 Å². The Bertz CT molecular complexity index is 962. The maximum Gasteiger partial charge on any atom is 0.338 e. The Kier molecular flexibility index (Phi) is 4.38. The third-order valence-corrected chi connectivity index (χ3v) is 4.08. The van der Waals surface area contributed by atoms with Crippen LogP contribution in [-0.2, 0) is 6.42 Å². The summed E-state index contributed by atoms with van der Waals surface area (Å²) in [6.45, 7) is 2.54. The van der Waals surface area contributed by atoms with E-state index in [1.807, 2.05) is 19.2 Å². The summed E-state index contributed by atoms with van der Waals surface area (Å²) < 4.78 is 0. The molecule has 0 radical (unpaired) electrons. The highest BCUT2D eigenvalue weighted by atomic mass is 16.6. The van der Waals surface area contributed by atoms with Gasteiger partial charge in [-0.1, -0.05) is 12.1 Å². The smallest absolute Gasteiger partial charge is 0.338 e. The summed E-state index contributed by atoms with van der Waals surface area (Å²) in [5.74, 6) is -1.20. The van der Waals surface area contributed by atoms with Crippen molar-refractivity contribution in [3.8, 4) is 0 Å². The van der Waals surface area contributed by atoms with Gasteiger partial charge in [-0.05, 0) is 36.6 Å². The maximum absolute atomic E-state index is 11.3. The summed E-state index contributed by atoms with van der Waals surface area (Å²) in [5, 5.41) is 24.2. The molecule has 2 aromatic carbocycles. The number of carbonyl (C=O) groups is 1. The summed E-state index contributed by atoms with van der Waals surface area (Å²) >= 11 is 0. The SMILES string of the molecule is Cc1ccc2c(CCNc3ccc([N+](=O)[O-])cc3C(=O)O)c[nH]c2c1. The first-order valence-corrected chi connectivity index (χ1v) is 7.78. The molecular weight excluding hydrogens is 322 g/mol. The second-order valence-electron chi connectivity index (χ2n) is 5.83. The molecule has 1 heterocycles. The molecular formula is C18H17N3O4. The number of H-pyrrole nitrogens is 1. The van der Waals surface area contributed by atoms with Gasteiger partial charge in [0.2, 0.25) is 0 Å². The quantitative estimate of drug-likeness (QED) is 0.468. The predicted molar refractivity (Wildman–Crippen MR) is 95.3 cm³/mol. The van der Waals surface area contributed by atoms with Gasteiger partial charge in [0.15, 0.2) is 0 Å². The second-order valence-corrected chi connectivity index (χ2v) is 5.83. The Morgan fingerprint density at radius 1 is 1.28 bits per heavy atom. The van der Waals surface area contributed by atoms with E-state index >= 15 is 0 Å². The lowest BCUT2D eigenvalue weighted by atomic mass is 10.1. The van der Waals surface area contributed by atoms with Crippen molar-refractivity contribution in [3.63, 3.8) is 0 Å². The van der Waals surface area contributed by atoms with Gasteiger partial charge in [-0.15, -0.1) is 0 Å². The van der Waals surface area contributed by atoms with Crippen LogP contribution >= 0.6 is 0 Å². The number of nitrogens with one attached hydrogen (secondary N) is 2. The van der Waals surface area contributed by atoms with E-state index in [1.54, 1.807) is 0 Å². The molecule has 0 aliphatic carbocycles. The predicted octanol–water partition coefficient (Wildman–Crippen LogP) is 3.74. The van der Waals surface area contributed by atoms with Gasteiger partial charge in [-0.25, -0.2) is 4.79 Å². The zero-order valence-electron chi connectivity index (χ0n) is 13.6. The molecule has 0 spiro atoms. The van der Waals surface area contributed by atoms with Crippen molar-refractivity contribution in [2.45, 2.75) is 13.3 Å². The average molecular weight is 339 g/mol. The van der Waals surface area contributed by atoms with Gasteiger partial charge in [0, 0.05) is 41.5 Å². The molecule has 0 aliphatic heterocycles. The fourth-order valence-electron chi connectivity index (χ4n) is 2.82. The number of aromatic carboxylic acids is 1. The standard InChI is InChI=1S/C18H17N3O4/c1-11-2-4-14-12(10-20-17(14)8-11)6-7-19-16-5-3-13(21(24)25)9-15(16)18(22)23/h2-5,8-10,19-20H,6-7H2,1H3,(H,22,23). The molecule has 0 bridgehead atoms. The van der Waals surface area contributed by atoms with E-state index in [0.717, 1.165) is 22.5 Å². The molecule has 25 heavy (non-hydrogen) atoms. The van der Waals surface area contributed by atoms with Crippen molar-refractivity contribution >= 4 is 28.2 Å². The summed E-state index contributed by atoms with van der Waals surface area (Å²) in [5.41, 5.74) is 3.39. The van der Waals surface area contributed by atoms with E-state index < -0.39 is 10.9 Å². The number of non-ortho nitro benzene ring substituents is 1. The largest absolute Gasteiger partial charge is 0.478 e. The van der Waals surface area contributed by atoms with Crippen molar-refractivity contribution in [3.05, 3.63) is 69.4 Å². The Balaban J connectivity index is 1.75. The molecule has 7 nitrogen and oxygen atoms in total. The maximum atomic E-state index is 11.3. The number of hydrogen-bond donors (Lipinski definition) is 3. The molecule has 0 unspecified atom stereocenters. The number of aryl methyl sites for hydroxylation is 1. The van der Waals surface area contributed by atoms with Gasteiger partial charge >= 0.3 is 5.97 Å². The fraction of sp³-hybridized carbons (Fsp3) is 0.167. The number of aromatic amines is 1. The van der Waals surface area contributed by atoms with Crippen molar-refractivity contribution in [2.24, 2.45) is 0 Å². The van der Waals surface area contributed by atoms with E-state index in [2.05, 4.69) is 22.4 Å². The average Bonchev–Trinajstić information content (AvgIpc) is 2.96. The van der Waals surface area contributed by atoms with Crippen molar-refractivity contribution < 1.29 is 14.8 Å². The Labute approximate surface area is 143 Å². The molecule has 0 saturated heterocycles. The molecule has 7 heteroatoms. The number of carboxylic acids is 1. The van der Waals surface area contributed by atoms with Crippen LogP contribution in [0.4, 0.5) is 11.4 Å². The van der Waals surface area contributed by atoms with E-state index in [9.17, 15) is 20.0 Å². The number of aromatic nitrogens is 1. The minimum Gasteiger partial charge on any atom is -0.478 e.